The fourth-order valence-electron chi connectivity index (χ4n) is 2.65. The molecule has 2 aliphatic rings. The number of rotatable bonds is 5. The fourth-order valence-corrected chi connectivity index (χ4v) is 4.40. The molecule has 0 aromatic carbocycles. The predicted octanol–water partition coefficient (Wildman–Crippen LogP) is 4.35. The summed E-state index contributed by atoms with van der Waals surface area (Å²) in [4.78, 5) is 1.44. The molecule has 2 fully saturated rings. The summed E-state index contributed by atoms with van der Waals surface area (Å²) in [5.41, 5.74) is 0.706. The second-order valence-electron chi connectivity index (χ2n) is 5.37. The van der Waals surface area contributed by atoms with Crippen LogP contribution in [0.1, 0.15) is 43.5 Å². The molecule has 0 aliphatic heterocycles. The number of thiophene rings is 1. The van der Waals surface area contributed by atoms with Gasteiger partial charge in [-0.1, -0.05) is 0 Å². The Morgan fingerprint density at radius 2 is 2.31 bits per heavy atom. The van der Waals surface area contributed by atoms with E-state index in [1.54, 1.807) is 0 Å². The summed E-state index contributed by atoms with van der Waals surface area (Å²) in [5, 5.41) is 5.89. The lowest BCUT2D eigenvalue weighted by Gasteiger charge is -2.19. The van der Waals surface area contributed by atoms with Crippen LogP contribution < -0.4 is 5.32 Å². The van der Waals surface area contributed by atoms with Crippen LogP contribution in [0.5, 0.6) is 0 Å². The topological polar surface area (TPSA) is 12.0 Å². The Kier molecular flexibility index (Phi) is 2.89. The van der Waals surface area contributed by atoms with Gasteiger partial charge < -0.3 is 5.32 Å². The van der Waals surface area contributed by atoms with Crippen molar-refractivity contribution in [3.8, 4) is 0 Å². The van der Waals surface area contributed by atoms with Crippen LogP contribution in [0.3, 0.4) is 0 Å². The lowest BCUT2D eigenvalue weighted by atomic mass is 10.0. The van der Waals surface area contributed by atoms with Gasteiger partial charge >= 0.3 is 0 Å². The molecule has 2 saturated carbocycles. The quantitative estimate of drug-likeness (QED) is 0.852. The van der Waals surface area contributed by atoms with Gasteiger partial charge in [-0.3, -0.25) is 0 Å². The first kappa shape index (κ1) is 11.2. The van der Waals surface area contributed by atoms with Gasteiger partial charge in [0.25, 0.3) is 0 Å². The first-order valence-electron chi connectivity index (χ1n) is 6.17. The summed E-state index contributed by atoms with van der Waals surface area (Å²) in [6.45, 7) is 3.50. The smallest absolute Gasteiger partial charge is 0.0397 e. The number of halogens is 1. The average Bonchev–Trinajstić information content (AvgIpc) is 3.14. The highest BCUT2D eigenvalue weighted by Gasteiger charge is 2.53. The van der Waals surface area contributed by atoms with Crippen LogP contribution in [-0.2, 0) is 0 Å². The molecule has 3 rings (SSSR count). The van der Waals surface area contributed by atoms with Gasteiger partial charge in [0.05, 0.1) is 0 Å². The van der Waals surface area contributed by atoms with E-state index in [1.165, 1.54) is 41.6 Å². The third kappa shape index (κ3) is 2.09. The van der Waals surface area contributed by atoms with Crippen molar-refractivity contribution in [2.75, 3.05) is 6.54 Å². The molecule has 1 aromatic rings. The molecule has 0 amide bonds. The van der Waals surface area contributed by atoms with E-state index in [4.69, 9.17) is 0 Å². The van der Waals surface area contributed by atoms with E-state index in [2.05, 4.69) is 39.6 Å². The maximum absolute atomic E-state index is 3.73. The van der Waals surface area contributed by atoms with Gasteiger partial charge in [0.15, 0.2) is 0 Å². The van der Waals surface area contributed by atoms with Gasteiger partial charge in [0.1, 0.15) is 0 Å². The molecule has 16 heavy (non-hydrogen) atoms. The Hall–Kier alpha value is 0.140. The first-order valence-corrected chi connectivity index (χ1v) is 7.85. The summed E-state index contributed by atoms with van der Waals surface area (Å²) in [6.07, 6.45) is 5.89. The van der Waals surface area contributed by atoms with Crippen LogP contribution in [0.2, 0.25) is 0 Å². The minimum Gasteiger partial charge on any atom is -0.309 e. The molecular formula is C13H18BrNS. The minimum absolute atomic E-state index is 0.491. The summed E-state index contributed by atoms with van der Waals surface area (Å²) in [6, 6.07) is 2.64. The normalized spacial score (nSPS) is 24.4. The molecule has 1 N–H and O–H groups in total. The van der Waals surface area contributed by atoms with E-state index in [1.807, 2.05) is 11.3 Å². The number of hydrogen-bond donors (Lipinski definition) is 1. The lowest BCUT2D eigenvalue weighted by molar-refractivity contribution is 0.383. The summed E-state index contributed by atoms with van der Waals surface area (Å²) < 4.78 is 1.26. The molecule has 0 bridgehead atoms. The Balaban J connectivity index is 1.57. The SMILES string of the molecule is CC(NCC1(C2CC2)CC1)c1sccc1Br. The largest absolute Gasteiger partial charge is 0.309 e. The number of nitrogens with one attached hydrogen (secondary N) is 1. The molecular weight excluding hydrogens is 282 g/mol. The first-order chi connectivity index (χ1) is 7.71. The Labute approximate surface area is 110 Å². The van der Waals surface area contributed by atoms with Gasteiger partial charge in [-0.05, 0) is 71.3 Å². The Bertz CT molecular complexity index is 379. The predicted molar refractivity (Wildman–Crippen MR) is 72.8 cm³/mol. The van der Waals surface area contributed by atoms with E-state index in [9.17, 15) is 0 Å². The molecule has 0 spiro atoms. The third-order valence-corrected chi connectivity index (χ3v) is 6.19. The zero-order valence-corrected chi connectivity index (χ0v) is 12.0. The van der Waals surface area contributed by atoms with Crippen LogP contribution in [-0.4, -0.2) is 6.54 Å². The molecule has 0 radical (unpaired) electrons. The van der Waals surface area contributed by atoms with E-state index < -0.39 is 0 Å². The molecule has 1 heterocycles. The van der Waals surface area contributed by atoms with E-state index in [-0.39, 0.29) is 0 Å². The number of hydrogen-bond acceptors (Lipinski definition) is 2. The van der Waals surface area contributed by atoms with Crippen molar-refractivity contribution in [2.24, 2.45) is 11.3 Å². The Morgan fingerprint density at radius 3 is 2.81 bits per heavy atom. The molecule has 1 aromatic heterocycles. The average molecular weight is 300 g/mol. The van der Waals surface area contributed by atoms with Crippen molar-refractivity contribution in [3.63, 3.8) is 0 Å². The molecule has 0 saturated heterocycles. The van der Waals surface area contributed by atoms with Crippen molar-refractivity contribution in [1.82, 2.24) is 5.32 Å². The maximum Gasteiger partial charge on any atom is 0.0397 e. The van der Waals surface area contributed by atoms with E-state index >= 15 is 0 Å². The molecule has 1 atom stereocenters. The standard InChI is InChI=1S/C13H18BrNS/c1-9(12-11(14)4-7-16-12)15-8-13(5-6-13)10-2-3-10/h4,7,9-10,15H,2-3,5-6,8H2,1H3. The lowest BCUT2D eigenvalue weighted by Crippen LogP contribution is -2.27. The van der Waals surface area contributed by atoms with Crippen LogP contribution in [0.4, 0.5) is 0 Å². The maximum atomic E-state index is 3.73. The molecule has 2 aliphatic carbocycles. The van der Waals surface area contributed by atoms with Crippen molar-refractivity contribution in [2.45, 2.75) is 38.6 Å². The second-order valence-corrected chi connectivity index (χ2v) is 7.17. The Morgan fingerprint density at radius 1 is 1.56 bits per heavy atom. The molecule has 1 nitrogen and oxygen atoms in total. The third-order valence-electron chi connectivity index (χ3n) is 4.13. The zero-order chi connectivity index (χ0) is 11.2. The molecule has 3 heteroatoms. The van der Waals surface area contributed by atoms with Gasteiger partial charge in [-0.2, -0.15) is 0 Å². The highest BCUT2D eigenvalue weighted by molar-refractivity contribution is 9.10. The fraction of sp³-hybridized carbons (Fsp3) is 0.692. The van der Waals surface area contributed by atoms with Crippen molar-refractivity contribution in [1.29, 1.82) is 0 Å². The van der Waals surface area contributed by atoms with Crippen LogP contribution in [0.25, 0.3) is 0 Å². The molecule has 88 valence electrons. The highest BCUT2D eigenvalue weighted by Crippen LogP contribution is 2.61. The van der Waals surface area contributed by atoms with E-state index in [0.717, 1.165) is 5.92 Å². The zero-order valence-electron chi connectivity index (χ0n) is 9.63. The van der Waals surface area contributed by atoms with E-state index in [0.29, 0.717) is 11.5 Å². The second kappa shape index (κ2) is 4.11. The highest BCUT2D eigenvalue weighted by atomic mass is 79.9. The summed E-state index contributed by atoms with van der Waals surface area (Å²) in [5.74, 6) is 1.05. The van der Waals surface area contributed by atoms with Gasteiger partial charge in [-0.15, -0.1) is 11.3 Å². The minimum atomic E-state index is 0.491. The monoisotopic (exact) mass is 299 g/mol. The van der Waals surface area contributed by atoms with Crippen LogP contribution >= 0.6 is 27.3 Å². The summed E-state index contributed by atoms with van der Waals surface area (Å²) in [7, 11) is 0. The van der Waals surface area contributed by atoms with Crippen LogP contribution in [0.15, 0.2) is 15.9 Å². The summed E-state index contributed by atoms with van der Waals surface area (Å²) >= 11 is 5.46. The van der Waals surface area contributed by atoms with Crippen molar-refractivity contribution >= 4 is 27.3 Å². The molecule has 1 unspecified atom stereocenters. The van der Waals surface area contributed by atoms with Crippen LogP contribution in [0, 0.1) is 11.3 Å². The van der Waals surface area contributed by atoms with Gasteiger partial charge in [0.2, 0.25) is 0 Å². The van der Waals surface area contributed by atoms with Crippen molar-refractivity contribution < 1.29 is 0 Å². The van der Waals surface area contributed by atoms with Crippen molar-refractivity contribution in [3.05, 3.63) is 20.8 Å². The van der Waals surface area contributed by atoms with Gasteiger partial charge in [-0.25, -0.2) is 0 Å². The van der Waals surface area contributed by atoms with Gasteiger partial charge in [0, 0.05) is 21.9 Å².